The van der Waals surface area contributed by atoms with Gasteiger partial charge < -0.3 is 14.7 Å². The molecular weight excluding hydrogens is 294 g/mol. The molecule has 2 atom stereocenters. The number of carbonyl (C=O) groups is 2. The third-order valence-electron chi connectivity index (χ3n) is 7.04. The van der Waals surface area contributed by atoms with Crippen molar-refractivity contribution in [2.75, 3.05) is 19.7 Å². The summed E-state index contributed by atoms with van der Waals surface area (Å²) in [7, 11) is 0. The number of aliphatic carboxylic acids is 1. The Morgan fingerprint density at radius 1 is 1.04 bits per heavy atom. The molecule has 5 heteroatoms. The molecule has 1 N–H and O–H groups in total. The van der Waals surface area contributed by atoms with Crippen LogP contribution < -0.4 is 0 Å². The summed E-state index contributed by atoms with van der Waals surface area (Å²) in [5, 5.41) is 9.31. The minimum absolute atomic E-state index is 0.0733. The van der Waals surface area contributed by atoms with Crippen molar-refractivity contribution in [3.05, 3.63) is 0 Å². The molecule has 1 saturated carbocycles. The molecule has 3 rings (SSSR count). The first kappa shape index (κ1) is 16.7. The second-order valence-electron chi connectivity index (χ2n) is 8.61. The largest absolute Gasteiger partial charge is 0.481 e. The number of hydrogen-bond donors (Lipinski definition) is 1. The van der Waals surface area contributed by atoms with Crippen LogP contribution in [0, 0.1) is 28.6 Å². The van der Waals surface area contributed by atoms with Gasteiger partial charge in [-0.2, -0.15) is 0 Å². The van der Waals surface area contributed by atoms with E-state index in [-0.39, 0.29) is 40.6 Å². The average molecular weight is 323 g/mol. The summed E-state index contributed by atoms with van der Waals surface area (Å²) in [6, 6.07) is 0. The van der Waals surface area contributed by atoms with Gasteiger partial charge in [0.15, 0.2) is 0 Å². The van der Waals surface area contributed by atoms with Crippen LogP contribution in [0.5, 0.6) is 0 Å². The van der Waals surface area contributed by atoms with E-state index in [1.54, 1.807) is 0 Å². The quantitative estimate of drug-likeness (QED) is 0.866. The zero-order valence-corrected chi connectivity index (χ0v) is 14.7. The Morgan fingerprint density at radius 2 is 1.61 bits per heavy atom. The molecule has 2 heterocycles. The molecule has 3 fully saturated rings. The summed E-state index contributed by atoms with van der Waals surface area (Å²) in [5.74, 6) is -0.458. The lowest BCUT2D eigenvalue weighted by atomic mass is 9.84. The smallest absolute Gasteiger partial charge is 0.309 e. The Morgan fingerprint density at radius 3 is 2.09 bits per heavy atom. The minimum atomic E-state index is -0.743. The minimum Gasteiger partial charge on any atom is -0.481 e. The highest BCUT2D eigenvalue weighted by atomic mass is 16.5. The molecule has 0 aromatic rings. The Balaban J connectivity index is 1.57. The molecule has 3 aliphatic rings. The number of ether oxygens (including phenoxy) is 1. The van der Waals surface area contributed by atoms with Crippen LogP contribution in [0.4, 0.5) is 0 Å². The van der Waals surface area contributed by atoms with Gasteiger partial charge in [0.2, 0.25) is 5.91 Å². The summed E-state index contributed by atoms with van der Waals surface area (Å²) in [5.41, 5.74) is 0.147. The van der Waals surface area contributed by atoms with Crippen molar-refractivity contribution in [2.24, 2.45) is 28.6 Å². The van der Waals surface area contributed by atoms with Crippen LogP contribution in [0.1, 0.15) is 47.0 Å². The van der Waals surface area contributed by atoms with Gasteiger partial charge in [-0.25, -0.2) is 0 Å². The third kappa shape index (κ3) is 2.57. The van der Waals surface area contributed by atoms with E-state index in [1.165, 1.54) is 0 Å². The highest BCUT2D eigenvalue weighted by Crippen LogP contribution is 2.68. The Bertz CT molecular complexity index is 491. The molecule has 1 unspecified atom stereocenters. The normalized spacial score (nSPS) is 33.7. The van der Waals surface area contributed by atoms with Crippen LogP contribution >= 0.6 is 0 Å². The first-order valence-electron chi connectivity index (χ1n) is 8.81. The van der Waals surface area contributed by atoms with Crippen molar-refractivity contribution in [1.29, 1.82) is 0 Å². The van der Waals surface area contributed by atoms with Gasteiger partial charge in [-0.3, -0.25) is 9.59 Å². The number of carbonyl (C=O) groups excluding carboxylic acids is 1. The molecule has 0 spiro atoms. The van der Waals surface area contributed by atoms with Crippen molar-refractivity contribution in [1.82, 2.24) is 4.90 Å². The number of rotatable bonds is 3. The first-order chi connectivity index (χ1) is 10.7. The van der Waals surface area contributed by atoms with Gasteiger partial charge >= 0.3 is 5.97 Å². The van der Waals surface area contributed by atoms with Gasteiger partial charge in [0.05, 0.1) is 12.0 Å². The zero-order valence-electron chi connectivity index (χ0n) is 14.7. The maximum atomic E-state index is 12.8. The summed E-state index contributed by atoms with van der Waals surface area (Å²) in [6.07, 6.45) is 2.16. The van der Waals surface area contributed by atoms with Gasteiger partial charge in [-0.15, -0.1) is 0 Å². The topological polar surface area (TPSA) is 66.8 Å². The van der Waals surface area contributed by atoms with Gasteiger partial charge in [-0.05, 0) is 36.0 Å². The molecule has 1 amide bonds. The standard InChI is InChI=1S/C18H29NO4/c1-17(2)14(18(17,3)4)15(20)19-8-5-11(6-9-19)13-12(16(21)22)7-10-23-13/h11-14H,5-10H2,1-4H3,(H,21,22)/t12?,13-/m0/s1. The molecular formula is C18H29NO4. The van der Waals surface area contributed by atoms with Gasteiger partial charge in [0.1, 0.15) is 0 Å². The molecule has 0 bridgehead atoms. The lowest BCUT2D eigenvalue weighted by molar-refractivity contribution is -0.146. The average Bonchev–Trinajstić information content (AvgIpc) is 2.86. The number of piperidine rings is 1. The predicted octanol–water partition coefficient (Wildman–Crippen LogP) is 2.40. The fraction of sp³-hybridized carbons (Fsp3) is 0.889. The van der Waals surface area contributed by atoms with E-state index in [1.807, 2.05) is 4.90 Å². The van der Waals surface area contributed by atoms with E-state index in [0.717, 1.165) is 25.9 Å². The summed E-state index contributed by atoms with van der Waals surface area (Å²) < 4.78 is 5.70. The van der Waals surface area contributed by atoms with Crippen LogP contribution in [0.3, 0.4) is 0 Å². The SMILES string of the molecule is CC1(C)C(C(=O)N2CCC([C@@H]3OCCC3C(=O)O)CC2)C1(C)C. The van der Waals surface area contributed by atoms with E-state index < -0.39 is 5.97 Å². The maximum absolute atomic E-state index is 12.8. The van der Waals surface area contributed by atoms with E-state index in [4.69, 9.17) is 4.74 Å². The van der Waals surface area contributed by atoms with E-state index in [2.05, 4.69) is 27.7 Å². The number of nitrogens with zero attached hydrogens (tertiary/aromatic N) is 1. The molecule has 5 nitrogen and oxygen atoms in total. The summed E-state index contributed by atoms with van der Waals surface area (Å²) in [4.78, 5) is 26.1. The van der Waals surface area contributed by atoms with Crippen molar-refractivity contribution in [3.63, 3.8) is 0 Å². The van der Waals surface area contributed by atoms with E-state index >= 15 is 0 Å². The third-order valence-corrected chi connectivity index (χ3v) is 7.04. The van der Waals surface area contributed by atoms with Crippen LogP contribution in [-0.4, -0.2) is 47.7 Å². The molecule has 130 valence electrons. The Kier molecular flexibility index (Phi) is 3.98. The number of carboxylic acids is 1. The molecule has 23 heavy (non-hydrogen) atoms. The van der Waals surface area contributed by atoms with Gasteiger partial charge in [0.25, 0.3) is 0 Å². The number of amides is 1. The van der Waals surface area contributed by atoms with Crippen LogP contribution in [0.25, 0.3) is 0 Å². The van der Waals surface area contributed by atoms with E-state index in [0.29, 0.717) is 13.0 Å². The fourth-order valence-electron chi connectivity index (χ4n) is 4.78. The van der Waals surface area contributed by atoms with Crippen LogP contribution in [-0.2, 0) is 14.3 Å². The monoisotopic (exact) mass is 323 g/mol. The molecule has 0 aromatic heterocycles. The molecule has 2 aliphatic heterocycles. The second kappa shape index (κ2) is 5.47. The van der Waals surface area contributed by atoms with Gasteiger partial charge in [-0.1, -0.05) is 27.7 Å². The highest BCUT2D eigenvalue weighted by Gasteiger charge is 2.68. The van der Waals surface area contributed by atoms with Crippen molar-refractivity contribution >= 4 is 11.9 Å². The number of carboxylic acid groups (broad SMARTS) is 1. The van der Waals surface area contributed by atoms with Crippen LogP contribution in [0.15, 0.2) is 0 Å². The predicted molar refractivity (Wildman–Crippen MR) is 85.8 cm³/mol. The molecule has 0 aromatic carbocycles. The zero-order chi connectivity index (χ0) is 17.0. The first-order valence-corrected chi connectivity index (χ1v) is 8.81. The lowest BCUT2D eigenvalue weighted by Crippen LogP contribution is -2.44. The lowest BCUT2D eigenvalue weighted by Gasteiger charge is -2.36. The van der Waals surface area contributed by atoms with Crippen molar-refractivity contribution < 1.29 is 19.4 Å². The van der Waals surface area contributed by atoms with Crippen LogP contribution in [0.2, 0.25) is 0 Å². The highest BCUT2D eigenvalue weighted by molar-refractivity contribution is 5.84. The van der Waals surface area contributed by atoms with Gasteiger partial charge in [0, 0.05) is 25.6 Å². The molecule has 1 aliphatic carbocycles. The maximum Gasteiger partial charge on any atom is 0.309 e. The van der Waals surface area contributed by atoms with Crippen molar-refractivity contribution in [2.45, 2.75) is 53.1 Å². The summed E-state index contributed by atoms with van der Waals surface area (Å²) in [6.45, 7) is 10.7. The Hall–Kier alpha value is -1.10. The number of hydrogen-bond acceptors (Lipinski definition) is 3. The van der Waals surface area contributed by atoms with Crippen molar-refractivity contribution in [3.8, 4) is 0 Å². The van der Waals surface area contributed by atoms with E-state index in [9.17, 15) is 14.7 Å². The second-order valence-corrected chi connectivity index (χ2v) is 8.61. The molecule has 0 radical (unpaired) electrons. The molecule has 2 saturated heterocycles. The fourth-order valence-corrected chi connectivity index (χ4v) is 4.78. The summed E-state index contributed by atoms with van der Waals surface area (Å²) >= 11 is 0. The Labute approximate surface area is 138 Å². The number of likely N-dealkylation sites (tertiary alicyclic amines) is 1.